The van der Waals surface area contributed by atoms with Gasteiger partial charge in [0.2, 0.25) is 0 Å². The number of hydrogen-bond donors (Lipinski definition) is 2. The van der Waals surface area contributed by atoms with Crippen molar-refractivity contribution in [1.82, 2.24) is 10.6 Å². The molecule has 0 saturated heterocycles. The Balaban J connectivity index is 2.47. The predicted molar refractivity (Wildman–Crippen MR) is 58.6 cm³/mol. The summed E-state index contributed by atoms with van der Waals surface area (Å²) >= 11 is 0. The largest absolute Gasteiger partial charge is 0.497 e. The Bertz CT molecular complexity index is 305. The minimum absolute atomic E-state index is 0.230. The second-order valence-electron chi connectivity index (χ2n) is 3.24. The summed E-state index contributed by atoms with van der Waals surface area (Å²) in [5.74, 6) is 0.317. The van der Waals surface area contributed by atoms with Crippen LogP contribution in [0.5, 0.6) is 5.75 Å². The van der Waals surface area contributed by atoms with Gasteiger partial charge in [-0.2, -0.15) is 0 Å². The highest BCUT2D eigenvalue weighted by Gasteiger charge is 2.02. The number of ether oxygens (including phenoxy) is 1. The van der Waals surface area contributed by atoms with Crippen LogP contribution in [0.15, 0.2) is 18.2 Å². The van der Waals surface area contributed by atoms with Gasteiger partial charge in [0.15, 0.2) is 0 Å². The van der Waals surface area contributed by atoms with Gasteiger partial charge in [0, 0.05) is 31.3 Å². The van der Waals surface area contributed by atoms with Crippen LogP contribution in [0.2, 0.25) is 0 Å². The Labute approximate surface area is 89.6 Å². The molecule has 0 unspecified atom stereocenters. The topological polar surface area (TPSA) is 33.3 Å². The Morgan fingerprint density at radius 1 is 1.33 bits per heavy atom. The lowest BCUT2D eigenvalue weighted by atomic mass is 10.2. The first-order chi connectivity index (χ1) is 7.27. The van der Waals surface area contributed by atoms with Crippen LogP contribution in [-0.2, 0) is 6.54 Å². The summed E-state index contributed by atoms with van der Waals surface area (Å²) in [5.41, 5.74) is 0.659. The fourth-order valence-electron chi connectivity index (χ4n) is 1.23. The van der Waals surface area contributed by atoms with Gasteiger partial charge < -0.3 is 15.4 Å². The van der Waals surface area contributed by atoms with E-state index < -0.39 is 0 Å². The van der Waals surface area contributed by atoms with Gasteiger partial charge in [-0.3, -0.25) is 0 Å². The van der Waals surface area contributed by atoms with Gasteiger partial charge in [-0.1, -0.05) is 6.07 Å². The van der Waals surface area contributed by atoms with Crippen LogP contribution in [0.1, 0.15) is 5.56 Å². The Hall–Kier alpha value is -1.13. The summed E-state index contributed by atoms with van der Waals surface area (Å²) in [5, 5.41) is 6.15. The lowest BCUT2D eigenvalue weighted by Crippen LogP contribution is -2.24. The standard InChI is InChI=1S/C11H17FN2O/c1-13-5-6-14-8-9-3-4-10(15-2)7-11(9)12/h3-4,7,13-14H,5-6,8H2,1-2H3. The molecule has 1 rings (SSSR count). The summed E-state index contributed by atoms with van der Waals surface area (Å²) in [6.07, 6.45) is 0. The molecule has 0 aliphatic heterocycles. The van der Waals surface area contributed by atoms with Crippen LogP contribution in [-0.4, -0.2) is 27.2 Å². The summed E-state index contributed by atoms with van der Waals surface area (Å²) < 4.78 is 18.3. The minimum atomic E-state index is -0.230. The molecule has 0 heterocycles. The van der Waals surface area contributed by atoms with Crippen molar-refractivity contribution in [2.24, 2.45) is 0 Å². The van der Waals surface area contributed by atoms with E-state index in [-0.39, 0.29) is 5.82 Å². The van der Waals surface area contributed by atoms with Crippen LogP contribution < -0.4 is 15.4 Å². The molecule has 3 nitrogen and oxygen atoms in total. The highest BCUT2D eigenvalue weighted by molar-refractivity contribution is 5.28. The van der Waals surface area contributed by atoms with Crippen molar-refractivity contribution in [2.45, 2.75) is 6.54 Å². The van der Waals surface area contributed by atoms with Gasteiger partial charge in [0.05, 0.1) is 7.11 Å². The molecule has 1 aromatic carbocycles. The number of nitrogens with one attached hydrogen (secondary N) is 2. The first kappa shape index (κ1) is 11.9. The Morgan fingerprint density at radius 3 is 2.73 bits per heavy atom. The van der Waals surface area contributed by atoms with Gasteiger partial charge in [-0.25, -0.2) is 4.39 Å². The van der Waals surface area contributed by atoms with E-state index in [1.165, 1.54) is 13.2 Å². The van der Waals surface area contributed by atoms with Gasteiger partial charge in [0.1, 0.15) is 11.6 Å². The quantitative estimate of drug-likeness (QED) is 0.694. The van der Waals surface area contributed by atoms with E-state index in [9.17, 15) is 4.39 Å². The normalized spacial score (nSPS) is 10.3. The van der Waals surface area contributed by atoms with Crippen LogP contribution >= 0.6 is 0 Å². The fourth-order valence-corrected chi connectivity index (χ4v) is 1.23. The molecular formula is C11H17FN2O. The van der Waals surface area contributed by atoms with Crippen molar-refractivity contribution in [3.8, 4) is 5.75 Å². The maximum absolute atomic E-state index is 13.4. The monoisotopic (exact) mass is 212 g/mol. The Morgan fingerprint density at radius 2 is 2.13 bits per heavy atom. The Kier molecular flexibility index (Phi) is 5.07. The molecule has 0 fully saturated rings. The van der Waals surface area contributed by atoms with Crippen molar-refractivity contribution in [2.75, 3.05) is 27.2 Å². The van der Waals surface area contributed by atoms with Crippen molar-refractivity contribution < 1.29 is 9.13 Å². The van der Waals surface area contributed by atoms with Crippen LogP contribution in [0.4, 0.5) is 4.39 Å². The molecule has 0 bridgehead atoms. The number of benzene rings is 1. The van der Waals surface area contributed by atoms with Crippen molar-refractivity contribution in [3.05, 3.63) is 29.6 Å². The minimum Gasteiger partial charge on any atom is -0.497 e. The maximum atomic E-state index is 13.4. The molecule has 84 valence electrons. The molecular weight excluding hydrogens is 195 g/mol. The second-order valence-corrected chi connectivity index (χ2v) is 3.24. The molecule has 15 heavy (non-hydrogen) atoms. The summed E-state index contributed by atoms with van der Waals surface area (Å²) in [4.78, 5) is 0. The first-order valence-electron chi connectivity index (χ1n) is 4.95. The molecule has 0 atom stereocenters. The lowest BCUT2D eigenvalue weighted by Gasteiger charge is -2.07. The molecule has 0 aromatic heterocycles. The van der Waals surface area contributed by atoms with Crippen LogP contribution in [0.3, 0.4) is 0 Å². The number of halogens is 1. The van der Waals surface area contributed by atoms with E-state index in [4.69, 9.17) is 4.74 Å². The molecule has 0 spiro atoms. The van der Waals surface area contributed by atoms with Crippen molar-refractivity contribution in [3.63, 3.8) is 0 Å². The number of methoxy groups -OCH3 is 1. The van der Waals surface area contributed by atoms with Crippen LogP contribution in [0, 0.1) is 5.82 Å². The molecule has 4 heteroatoms. The van der Waals surface area contributed by atoms with Crippen molar-refractivity contribution in [1.29, 1.82) is 0 Å². The van der Waals surface area contributed by atoms with Gasteiger partial charge >= 0.3 is 0 Å². The fraction of sp³-hybridized carbons (Fsp3) is 0.455. The van der Waals surface area contributed by atoms with Gasteiger partial charge in [0.25, 0.3) is 0 Å². The highest BCUT2D eigenvalue weighted by Crippen LogP contribution is 2.15. The molecule has 0 radical (unpaired) electrons. The number of hydrogen-bond acceptors (Lipinski definition) is 3. The molecule has 0 saturated carbocycles. The number of rotatable bonds is 6. The maximum Gasteiger partial charge on any atom is 0.131 e. The van der Waals surface area contributed by atoms with Crippen molar-refractivity contribution >= 4 is 0 Å². The summed E-state index contributed by atoms with van der Waals surface area (Å²) in [6, 6.07) is 4.90. The smallest absolute Gasteiger partial charge is 0.131 e. The molecule has 0 amide bonds. The zero-order chi connectivity index (χ0) is 11.1. The van der Waals surface area contributed by atoms with E-state index in [0.717, 1.165) is 13.1 Å². The third-order valence-electron chi connectivity index (χ3n) is 2.13. The van der Waals surface area contributed by atoms with E-state index in [2.05, 4.69) is 10.6 Å². The predicted octanol–water partition coefficient (Wildman–Crippen LogP) is 1.14. The van der Waals surface area contributed by atoms with Gasteiger partial charge in [-0.15, -0.1) is 0 Å². The van der Waals surface area contributed by atoms with Gasteiger partial charge in [-0.05, 0) is 13.1 Å². The van der Waals surface area contributed by atoms with E-state index >= 15 is 0 Å². The average Bonchev–Trinajstić information content (AvgIpc) is 2.26. The number of likely N-dealkylation sites (N-methyl/N-ethyl adjacent to an activating group) is 1. The zero-order valence-electron chi connectivity index (χ0n) is 9.14. The van der Waals surface area contributed by atoms with E-state index in [1.807, 2.05) is 7.05 Å². The van der Waals surface area contributed by atoms with Crippen LogP contribution in [0.25, 0.3) is 0 Å². The molecule has 0 aliphatic rings. The highest BCUT2D eigenvalue weighted by atomic mass is 19.1. The third-order valence-corrected chi connectivity index (χ3v) is 2.13. The molecule has 0 aliphatic carbocycles. The zero-order valence-corrected chi connectivity index (χ0v) is 9.14. The van der Waals surface area contributed by atoms with E-state index in [0.29, 0.717) is 17.9 Å². The average molecular weight is 212 g/mol. The summed E-state index contributed by atoms with van der Waals surface area (Å²) in [6.45, 7) is 2.23. The third kappa shape index (κ3) is 3.85. The first-order valence-corrected chi connectivity index (χ1v) is 4.95. The lowest BCUT2D eigenvalue weighted by molar-refractivity contribution is 0.410. The molecule has 2 N–H and O–H groups in total. The SMILES string of the molecule is CNCCNCc1ccc(OC)cc1F. The van der Waals surface area contributed by atoms with E-state index in [1.54, 1.807) is 12.1 Å². The molecule has 1 aromatic rings. The second kappa shape index (κ2) is 6.37. The summed E-state index contributed by atoms with van der Waals surface area (Å²) in [7, 11) is 3.41.